The fourth-order valence-electron chi connectivity index (χ4n) is 3.14. The van der Waals surface area contributed by atoms with Crippen LogP contribution in [0.25, 0.3) is 0 Å². The van der Waals surface area contributed by atoms with Crippen molar-refractivity contribution in [2.24, 2.45) is 0 Å². The number of aryl methyl sites for hydroxylation is 3. The van der Waals surface area contributed by atoms with Crippen molar-refractivity contribution < 1.29 is 8.42 Å². The van der Waals surface area contributed by atoms with Gasteiger partial charge in [-0.1, -0.05) is 58.6 Å². The number of hydrogen-bond acceptors (Lipinski definition) is 3. The van der Waals surface area contributed by atoms with Gasteiger partial charge in [0, 0.05) is 16.2 Å². The SMILES string of the molecule is Cc1cc(C)c(S(=O)(=O)Nc2nn(Cc3ccc(Cl)cc3Cl)cc2Cl)c(C)c1. The zero-order chi connectivity index (χ0) is 20.6. The van der Waals surface area contributed by atoms with E-state index in [1.807, 2.05) is 19.1 Å². The van der Waals surface area contributed by atoms with Gasteiger partial charge >= 0.3 is 0 Å². The minimum atomic E-state index is -3.84. The second kappa shape index (κ2) is 7.95. The van der Waals surface area contributed by atoms with E-state index in [4.69, 9.17) is 34.8 Å². The lowest BCUT2D eigenvalue weighted by molar-refractivity contribution is 0.599. The lowest BCUT2D eigenvalue weighted by atomic mass is 10.1. The molecule has 3 aromatic rings. The van der Waals surface area contributed by atoms with Crippen molar-refractivity contribution in [2.45, 2.75) is 32.2 Å². The first-order chi connectivity index (χ1) is 13.1. The first-order valence-electron chi connectivity index (χ1n) is 8.34. The molecule has 0 saturated carbocycles. The third kappa shape index (κ3) is 4.46. The lowest BCUT2D eigenvalue weighted by Crippen LogP contribution is -2.17. The van der Waals surface area contributed by atoms with Crippen molar-refractivity contribution in [1.82, 2.24) is 9.78 Å². The maximum atomic E-state index is 12.9. The van der Waals surface area contributed by atoms with Crippen molar-refractivity contribution in [1.29, 1.82) is 0 Å². The molecule has 5 nitrogen and oxygen atoms in total. The number of benzene rings is 2. The van der Waals surface area contributed by atoms with Gasteiger partial charge in [-0.25, -0.2) is 8.42 Å². The zero-order valence-corrected chi connectivity index (χ0v) is 18.5. The molecule has 28 heavy (non-hydrogen) atoms. The molecule has 1 N–H and O–H groups in total. The summed E-state index contributed by atoms with van der Waals surface area (Å²) in [6.45, 7) is 5.76. The Morgan fingerprint density at radius 1 is 1.00 bits per heavy atom. The van der Waals surface area contributed by atoms with Crippen LogP contribution in [-0.4, -0.2) is 18.2 Å². The monoisotopic (exact) mass is 457 g/mol. The molecule has 1 aromatic heterocycles. The van der Waals surface area contributed by atoms with Gasteiger partial charge in [-0.05, 0) is 49.6 Å². The van der Waals surface area contributed by atoms with Crippen LogP contribution in [-0.2, 0) is 16.6 Å². The molecule has 9 heteroatoms. The second-order valence-electron chi connectivity index (χ2n) is 6.59. The van der Waals surface area contributed by atoms with E-state index in [1.165, 1.54) is 4.68 Å². The van der Waals surface area contributed by atoms with E-state index in [1.54, 1.807) is 38.2 Å². The van der Waals surface area contributed by atoms with Crippen LogP contribution in [0.3, 0.4) is 0 Å². The summed E-state index contributed by atoms with van der Waals surface area (Å²) in [4.78, 5) is 0.226. The summed E-state index contributed by atoms with van der Waals surface area (Å²) in [5, 5.41) is 5.47. The standard InChI is InChI=1S/C19H18Cl3N3O2S/c1-11-6-12(2)18(13(3)7-11)28(26,27)24-19-17(22)10-25(23-19)9-14-4-5-15(20)8-16(14)21/h4-8,10H,9H2,1-3H3,(H,23,24). The van der Waals surface area contributed by atoms with Crippen molar-refractivity contribution >= 4 is 50.6 Å². The molecule has 0 radical (unpaired) electrons. The quantitative estimate of drug-likeness (QED) is 0.540. The molecule has 0 fully saturated rings. The van der Waals surface area contributed by atoms with Crippen LogP contribution in [0, 0.1) is 20.8 Å². The van der Waals surface area contributed by atoms with Gasteiger partial charge in [0.15, 0.2) is 5.82 Å². The predicted molar refractivity (Wildman–Crippen MR) is 114 cm³/mol. The van der Waals surface area contributed by atoms with Crippen LogP contribution in [0.2, 0.25) is 15.1 Å². The number of nitrogens with one attached hydrogen (secondary N) is 1. The maximum absolute atomic E-state index is 12.9. The van der Waals surface area contributed by atoms with Gasteiger partial charge < -0.3 is 0 Å². The molecule has 2 aromatic carbocycles. The fourth-order valence-corrected chi connectivity index (χ4v) is 5.34. The Kier molecular flexibility index (Phi) is 5.96. The largest absolute Gasteiger partial charge is 0.265 e. The molecule has 0 unspecified atom stereocenters. The topological polar surface area (TPSA) is 64.0 Å². The molecule has 0 aliphatic carbocycles. The highest BCUT2D eigenvalue weighted by atomic mass is 35.5. The number of anilines is 1. The maximum Gasteiger partial charge on any atom is 0.263 e. The van der Waals surface area contributed by atoms with Crippen LogP contribution in [0.4, 0.5) is 5.82 Å². The Labute approximate surface area is 179 Å². The Bertz CT molecular complexity index is 1130. The first kappa shape index (κ1) is 21.0. The third-order valence-electron chi connectivity index (χ3n) is 4.17. The van der Waals surface area contributed by atoms with Crippen LogP contribution in [0.1, 0.15) is 22.3 Å². The van der Waals surface area contributed by atoms with Gasteiger partial charge in [0.1, 0.15) is 5.02 Å². The van der Waals surface area contributed by atoms with Crippen molar-refractivity contribution in [3.63, 3.8) is 0 Å². The Hall–Kier alpha value is -1.73. The average Bonchev–Trinajstić information content (AvgIpc) is 2.87. The Balaban J connectivity index is 1.89. The van der Waals surface area contributed by atoms with Crippen molar-refractivity contribution in [3.8, 4) is 0 Å². The molecular formula is C19H18Cl3N3O2S. The van der Waals surface area contributed by atoms with E-state index in [0.717, 1.165) is 11.1 Å². The van der Waals surface area contributed by atoms with Gasteiger partial charge in [0.05, 0.1) is 11.4 Å². The minimum absolute atomic E-state index is 0.0612. The summed E-state index contributed by atoms with van der Waals surface area (Å²) in [7, 11) is -3.84. The van der Waals surface area contributed by atoms with E-state index in [-0.39, 0.29) is 15.7 Å². The highest BCUT2D eigenvalue weighted by Crippen LogP contribution is 2.28. The molecule has 1 heterocycles. The normalized spacial score (nSPS) is 11.6. The summed E-state index contributed by atoms with van der Waals surface area (Å²) in [5.74, 6) is 0.0612. The van der Waals surface area contributed by atoms with E-state index < -0.39 is 10.0 Å². The Morgan fingerprint density at radius 2 is 1.64 bits per heavy atom. The third-order valence-corrected chi connectivity index (χ3v) is 6.68. The summed E-state index contributed by atoms with van der Waals surface area (Å²) in [5.41, 5.74) is 3.10. The molecule has 0 atom stereocenters. The van der Waals surface area contributed by atoms with Crippen molar-refractivity contribution in [3.05, 3.63) is 73.9 Å². The van der Waals surface area contributed by atoms with Crippen molar-refractivity contribution in [2.75, 3.05) is 4.72 Å². The Morgan fingerprint density at radius 3 is 2.25 bits per heavy atom. The predicted octanol–water partition coefficient (Wildman–Crippen LogP) is 5.62. The number of aromatic nitrogens is 2. The molecule has 0 saturated heterocycles. The van der Waals surface area contributed by atoms with Crippen LogP contribution in [0.5, 0.6) is 0 Å². The molecule has 3 rings (SSSR count). The first-order valence-corrected chi connectivity index (χ1v) is 11.0. The van der Waals surface area contributed by atoms with Gasteiger partial charge in [0.25, 0.3) is 10.0 Å². The van der Waals surface area contributed by atoms with Crippen LogP contribution >= 0.6 is 34.8 Å². The summed E-state index contributed by atoms with van der Waals surface area (Å²) in [6.07, 6.45) is 1.54. The second-order valence-corrected chi connectivity index (χ2v) is 9.46. The van der Waals surface area contributed by atoms with E-state index in [2.05, 4.69) is 9.82 Å². The molecule has 0 amide bonds. The zero-order valence-electron chi connectivity index (χ0n) is 15.4. The smallest absolute Gasteiger partial charge is 0.263 e. The molecular weight excluding hydrogens is 441 g/mol. The highest BCUT2D eigenvalue weighted by molar-refractivity contribution is 7.92. The summed E-state index contributed by atoms with van der Waals surface area (Å²) >= 11 is 18.3. The molecule has 0 bridgehead atoms. The van der Waals surface area contributed by atoms with Gasteiger partial charge in [-0.2, -0.15) is 5.10 Å². The minimum Gasteiger partial charge on any atom is -0.265 e. The number of sulfonamides is 1. The number of rotatable bonds is 5. The average molecular weight is 459 g/mol. The molecule has 0 aliphatic heterocycles. The van der Waals surface area contributed by atoms with Crippen LogP contribution < -0.4 is 4.72 Å². The molecule has 148 valence electrons. The van der Waals surface area contributed by atoms with E-state index >= 15 is 0 Å². The van der Waals surface area contributed by atoms with Gasteiger partial charge in [0.2, 0.25) is 0 Å². The van der Waals surface area contributed by atoms with Crippen LogP contribution in [0.15, 0.2) is 41.4 Å². The van der Waals surface area contributed by atoms with E-state index in [9.17, 15) is 8.42 Å². The number of nitrogens with zero attached hydrogens (tertiary/aromatic N) is 2. The van der Waals surface area contributed by atoms with E-state index in [0.29, 0.717) is 27.7 Å². The molecule has 0 spiro atoms. The van der Waals surface area contributed by atoms with Gasteiger partial charge in [-0.3, -0.25) is 9.40 Å². The number of halogens is 3. The number of hydrogen-bond donors (Lipinski definition) is 1. The fraction of sp³-hybridized carbons (Fsp3) is 0.211. The molecule has 0 aliphatic rings. The summed E-state index contributed by atoms with van der Waals surface area (Å²) < 4.78 is 29.8. The highest BCUT2D eigenvalue weighted by Gasteiger charge is 2.22. The summed E-state index contributed by atoms with van der Waals surface area (Å²) in [6, 6.07) is 8.79. The van der Waals surface area contributed by atoms with Gasteiger partial charge in [-0.15, -0.1) is 0 Å². The lowest BCUT2D eigenvalue weighted by Gasteiger charge is -2.13.